The minimum atomic E-state index is -1.18. The van der Waals surface area contributed by atoms with Crippen molar-refractivity contribution >= 4 is 11.7 Å². The highest BCUT2D eigenvalue weighted by molar-refractivity contribution is 5.89. The number of halogens is 1. The number of ether oxygens (including phenoxy) is 1. The van der Waals surface area contributed by atoms with Crippen LogP contribution >= 0.6 is 0 Å². The largest absolute Gasteiger partial charge is 0.489 e. The zero-order valence-electron chi connectivity index (χ0n) is 20.1. The number of rotatable bonds is 7. The number of hydrogen-bond acceptors (Lipinski definition) is 3. The van der Waals surface area contributed by atoms with Crippen LogP contribution in [0.4, 0.5) is 10.1 Å². The quantitative estimate of drug-likeness (QED) is 0.299. The number of benzene rings is 4. The minimum Gasteiger partial charge on any atom is -0.489 e. The molecule has 1 heterocycles. The highest BCUT2D eigenvalue weighted by Crippen LogP contribution is 2.31. The van der Waals surface area contributed by atoms with E-state index in [9.17, 15) is 14.3 Å². The van der Waals surface area contributed by atoms with E-state index in [4.69, 9.17) is 4.74 Å². The lowest BCUT2D eigenvalue weighted by Crippen LogP contribution is -2.33. The Balaban J connectivity index is 1.26. The van der Waals surface area contributed by atoms with E-state index >= 15 is 0 Å². The summed E-state index contributed by atoms with van der Waals surface area (Å²) in [6.45, 7) is 2.31. The Morgan fingerprint density at radius 1 is 0.972 bits per heavy atom. The van der Waals surface area contributed by atoms with Gasteiger partial charge in [-0.1, -0.05) is 60.7 Å². The predicted molar refractivity (Wildman–Crippen MR) is 140 cm³/mol. The van der Waals surface area contributed by atoms with Crippen LogP contribution in [0.15, 0.2) is 91.0 Å². The van der Waals surface area contributed by atoms with Gasteiger partial charge in [0.2, 0.25) is 0 Å². The zero-order valence-corrected chi connectivity index (χ0v) is 20.1. The van der Waals surface area contributed by atoms with Gasteiger partial charge in [-0.15, -0.1) is 0 Å². The van der Waals surface area contributed by atoms with Gasteiger partial charge in [0.15, 0.2) is 0 Å². The summed E-state index contributed by atoms with van der Waals surface area (Å²) in [7, 11) is 0. The number of anilines is 1. The van der Waals surface area contributed by atoms with Crippen LogP contribution in [0.5, 0.6) is 5.75 Å². The van der Waals surface area contributed by atoms with Crippen molar-refractivity contribution in [3.8, 4) is 16.9 Å². The number of nitrogens with one attached hydrogen (secondary N) is 1. The molecule has 1 aliphatic rings. The van der Waals surface area contributed by atoms with Gasteiger partial charge in [-0.3, -0.25) is 0 Å². The molecule has 4 nitrogen and oxygen atoms in total. The fourth-order valence-electron chi connectivity index (χ4n) is 4.87. The SMILES string of the molecule is CC1Nc2ccccc2CC1Cc1cccc(-c2ccc(OCc3ccc(F)cc3C(=O)O)cc2)c1. The fourth-order valence-corrected chi connectivity index (χ4v) is 4.87. The van der Waals surface area contributed by atoms with Crippen molar-refractivity contribution in [1.82, 2.24) is 0 Å². The molecule has 36 heavy (non-hydrogen) atoms. The van der Waals surface area contributed by atoms with Crippen molar-refractivity contribution in [1.29, 1.82) is 0 Å². The first-order valence-electron chi connectivity index (χ1n) is 12.1. The Hall–Kier alpha value is -4.12. The summed E-state index contributed by atoms with van der Waals surface area (Å²) in [5.41, 5.74) is 6.49. The van der Waals surface area contributed by atoms with Gasteiger partial charge in [-0.05, 0) is 78.3 Å². The molecule has 0 saturated carbocycles. The molecule has 2 N–H and O–H groups in total. The summed E-state index contributed by atoms with van der Waals surface area (Å²) in [5.74, 6) is -0.614. The van der Waals surface area contributed by atoms with E-state index in [2.05, 4.69) is 60.8 Å². The van der Waals surface area contributed by atoms with Crippen LogP contribution in [0.25, 0.3) is 11.1 Å². The lowest BCUT2D eigenvalue weighted by molar-refractivity contribution is 0.0693. The summed E-state index contributed by atoms with van der Waals surface area (Å²) in [4.78, 5) is 11.4. The third kappa shape index (κ3) is 5.25. The summed E-state index contributed by atoms with van der Waals surface area (Å²) in [5, 5.41) is 13.0. The smallest absolute Gasteiger partial charge is 0.336 e. The minimum absolute atomic E-state index is 0.0491. The zero-order chi connectivity index (χ0) is 25.1. The maximum atomic E-state index is 13.4. The molecular weight excluding hydrogens is 453 g/mol. The maximum Gasteiger partial charge on any atom is 0.336 e. The second-order valence-corrected chi connectivity index (χ2v) is 9.38. The van der Waals surface area contributed by atoms with E-state index in [1.807, 2.05) is 24.3 Å². The number of carboxylic acids is 1. The predicted octanol–water partition coefficient (Wildman–Crippen LogP) is 6.99. The highest BCUT2D eigenvalue weighted by Gasteiger charge is 2.24. The molecule has 0 spiro atoms. The molecule has 2 atom stereocenters. The van der Waals surface area contributed by atoms with E-state index in [-0.39, 0.29) is 12.2 Å². The van der Waals surface area contributed by atoms with Gasteiger partial charge in [0.25, 0.3) is 0 Å². The van der Waals surface area contributed by atoms with Gasteiger partial charge >= 0.3 is 5.97 Å². The molecule has 0 amide bonds. The highest BCUT2D eigenvalue weighted by atomic mass is 19.1. The molecule has 0 aromatic heterocycles. The molecule has 4 aromatic carbocycles. The third-order valence-corrected chi connectivity index (χ3v) is 6.90. The Morgan fingerprint density at radius 2 is 1.78 bits per heavy atom. The normalized spacial score (nSPS) is 16.6. The lowest BCUT2D eigenvalue weighted by atomic mass is 9.83. The van der Waals surface area contributed by atoms with Gasteiger partial charge in [0, 0.05) is 17.3 Å². The first-order chi connectivity index (χ1) is 17.5. The average molecular weight is 482 g/mol. The molecule has 5 heteroatoms. The Kier molecular flexibility index (Phi) is 6.72. The molecule has 1 aliphatic heterocycles. The van der Waals surface area contributed by atoms with Crippen LogP contribution in [0, 0.1) is 11.7 Å². The molecule has 182 valence electrons. The molecular formula is C31H28FNO3. The van der Waals surface area contributed by atoms with Crippen LogP contribution in [-0.2, 0) is 19.4 Å². The van der Waals surface area contributed by atoms with E-state index in [1.54, 1.807) is 0 Å². The summed E-state index contributed by atoms with van der Waals surface area (Å²) in [6, 6.07) is 29.0. The van der Waals surface area contributed by atoms with Gasteiger partial charge in [0.1, 0.15) is 18.2 Å². The molecule has 0 bridgehead atoms. The number of carboxylic acid groups (broad SMARTS) is 1. The summed E-state index contributed by atoms with van der Waals surface area (Å²) < 4.78 is 19.2. The molecule has 2 unspecified atom stereocenters. The summed E-state index contributed by atoms with van der Waals surface area (Å²) >= 11 is 0. The van der Waals surface area contributed by atoms with Gasteiger partial charge < -0.3 is 15.2 Å². The molecule has 4 aromatic rings. The molecule has 0 saturated heterocycles. The lowest BCUT2D eigenvalue weighted by Gasteiger charge is -2.32. The topological polar surface area (TPSA) is 58.6 Å². The van der Waals surface area contributed by atoms with Gasteiger partial charge in [0.05, 0.1) is 5.56 Å². The first kappa shape index (κ1) is 23.6. The van der Waals surface area contributed by atoms with Gasteiger partial charge in [-0.25, -0.2) is 9.18 Å². The number of aromatic carboxylic acids is 1. The van der Waals surface area contributed by atoms with Crippen molar-refractivity contribution in [3.05, 3.63) is 119 Å². The molecule has 0 radical (unpaired) electrons. The van der Waals surface area contributed by atoms with Crippen molar-refractivity contribution < 1.29 is 19.0 Å². The number of para-hydroxylation sites is 1. The number of hydrogen-bond donors (Lipinski definition) is 2. The Bertz CT molecular complexity index is 1380. The standard InChI is InChI=1S/C31H28FNO3/c1-20-26(17-24-6-2-3-8-30(24)33-20)16-21-5-4-7-23(15-21)22-10-13-28(14-11-22)36-19-25-9-12-27(32)18-29(25)31(34)35/h2-15,18,20,26,33H,16-17,19H2,1H3,(H,34,35). The van der Waals surface area contributed by atoms with E-state index in [1.165, 1.54) is 28.9 Å². The second kappa shape index (κ2) is 10.2. The Morgan fingerprint density at radius 3 is 2.58 bits per heavy atom. The van der Waals surface area contributed by atoms with Crippen molar-refractivity contribution in [2.45, 2.75) is 32.4 Å². The van der Waals surface area contributed by atoms with E-state index in [0.717, 1.165) is 30.0 Å². The van der Waals surface area contributed by atoms with Crippen LogP contribution < -0.4 is 10.1 Å². The number of carbonyl (C=O) groups is 1. The maximum absolute atomic E-state index is 13.4. The van der Waals surface area contributed by atoms with Crippen LogP contribution in [0.2, 0.25) is 0 Å². The van der Waals surface area contributed by atoms with Crippen LogP contribution in [0.3, 0.4) is 0 Å². The third-order valence-electron chi connectivity index (χ3n) is 6.90. The molecule has 5 rings (SSSR count). The van der Waals surface area contributed by atoms with Gasteiger partial charge in [-0.2, -0.15) is 0 Å². The second-order valence-electron chi connectivity index (χ2n) is 9.38. The monoisotopic (exact) mass is 481 g/mol. The van der Waals surface area contributed by atoms with Crippen LogP contribution in [0.1, 0.15) is 34.0 Å². The van der Waals surface area contributed by atoms with E-state index in [0.29, 0.717) is 23.3 Å². The van der Waals surface area contributed by atoms with Crippen molar-refractivity contribution in [2.75, 3.05) is 5.32 Å². The molecule has 0 fully saturated rings. The van der Waals surface area contributed by atoms with Crippen LogP contribution in [-0.4, -0.2) is 17.1 Å². The average Bonchev–Trinajstić information content (AvgIpc) is 2.89. The Labute approximate surface area is 210 Å². The summed E-state index contributed by atoms with van der Waals surface area (Å²) in [6.07, 6.45) is 2.07. The first-order valence-corrected chi connectivity index (χ1v) is 12.1. The number of fused-ring (bicyclic) bond motifs is 1. The molecule has 0 aliphatic carbocycles. The van der Waals surface area contributed by atoms with E-state index < -0.39 is 11.8 Å². The van der Waals surface area contributed by atoms with Crippen molar-refractivity contribution in [2.24, 2.45) is 5.92 Å². The fraction of sp³-hybridized carbons (Fsp3) is 0.194. The van der Waals surface area contributed by atoms with Crippen molar-refractivity contribution in [3.63, 3.8) is 0 Å².